The Morgan fingerprint density at radius 2 is 0.963 bits per heavy atom. The molecule has 0 amide bonds. The second-order valence-electron chi connectivity index (χ2n) is 5.41. The molecule has 133 valence electrons. The maximum Gasteiger partial charge on any atom is 2.00 e. The van der Waals surface area contributed by atoms with Crippen LogP contribution in [0.5, 0.6) is 0 Å². The summed E-state index contributed by atoms with van der Waals surface area (Å²) in [7, 11) is 0. The van der Waals surface area contributed by atoms with Crippen molar-refractivity contribution in [2.75, 3.05) is 0 Å². The molecule has 0 saturated heterocycles. The van der Waals surface area contributed by atoms with E-state index < -0.39 is 11.9 Å². The summed E-state index contributed by atoms with van der Waals surface area (Å²) in [6.07, 6.45) is 3.06. The van der Waals surface area contributed by atoms with Gasteiger partial charge in [-0.05, 0) is 22.9 Å². The Morgan fingerprint density at radius 1 is 0.630 bits per heavy atom. The summed E-state index contributed by atoms with van der Waals surface area (Å²) < 4.78 is 0. The van der Waals surface area contributed by atoms with E-state index in [1.807, 2.05) is 48.5 Å². The minimum Gasteiger partial charge on any atom is -0.543 e. The second-order valence-corrected chi connectivity index (χ2v) is 5.41. The normalized spacial score (nSPS) is 9.78. The van der Waals surface area contributed by atoms with Crippen LogP contribution in [0.15, 0.2) is 73.1 Å². The number of nitrogens with zero attached hydrogens (tertiary/aromatic N) is 2. The van der Waals surface area contributed by atoms with Crippen molar-refractivity contribution >= 4 is 33.5 Å². The summed E-state index contributed by atoms with van der Waals surface area (Å²) in [5.41, 5.74) is -0.0580. The molecule has 0 bridgehead atoms. The minimum absolute atomic E-state index is 0. The van der Waals surface area contributed by atoms with E-state index in [4.69, 9.17) is 0 Å². The smallest absolute Gasteiger partial charge is 0.543 e. The Bertz CT molecular complexity index is 1030. The van der Waals surface area contributed by atoms with Crippen LogP contribution in [0, 0.1) is 0 Å². The number of fused-ring (bicyclic) bond motifs is 2. The largest absolute Gasteiger partial charge is 2.00 e. The molecule has 2 aromatic heterocycles. The molecule has 0 aliphatic carbocycles. The number of carbonyl (C=O) groups is 2. The Morgan fingerprint density at radius 3 is 1.30 bits per heavy atom. The van der Waals surface area contributed by atoms with Crippen molar-refractivity contribution in [3.63, 3.8) is 0 Å². The number of rotatable bonds is 2. The predicted octanol–water partition coefficient (Wildman–Crippen LogP) is 1.19. The molecule has 0 saturated carbocycles. The average Bonchev–Trinajstić information content (AvgIpc) is 2.67. The van der Waals surface area contributed by atoms with Crippen molar-refractivity contribution in [1.29, 1.82) is 0 Å². The molecule has 4 aromatic rings. The standard InChI is InChI=1S/2C10H7NO2.Mn/c2*12-10(13)9-5-7-3-1-2-4-8(7)6-11-9;/h2*1-6H,(H,12,13);/q;;+2/p-2. The average molecular weight is 399 g/mol. The SMILES string of the molecule is O=C([O-])c1cc2ccccc2cn1.O=C([O-])c1cc2ccccc2cn1.[Mn+2]. The summed E-state index contributed by atoms with van der Waals surface area (Å²) in [6, 6.07) is 17.9. The van der Waals surface area contributed by atoms with Crippen LogP contribution in [0.25, 0.3) is 21.5 Å². The van der Waals surface area contributed by atoms with Crippen LogP contribution in [0.2, 0.25) is 0 Å². The monoisotopic (exact) mass is 399 g/mol. The number of aromatic nitrogens is 2. The van der Waals surface area contributed by atoms with E-state index in [9.17, 15) is 19.8 Å². The Labute approximate surface area is 165 Å². The molecule has 27 heavy (non-hydrogen) atoms. The zero-order valence-electron chi connectivity index (χ0n) is 13.8. The maximum atomic E-state index is 10.5. The molecule has 2 aromatic carbocycles. The zero-order valence-corrected chi connectivity index (χ0v) is 15.0. The quantitative estimate of drug-likeness (QED) is 0.469. The van der Waals surface area contributed by atoms with Gasteiger partial charge < -0.3 is 19.8 Å². The number of hydrogen-bond donors (Lipinski definition) is 0. The van der Waals surface area contributed by atoms with Crippen molar-refractivity contribution in [3.8, 4) is 0 Å². The van der Waals surface area contributed by atoms with Gasteiger partial charge in [0.05, 0.1) is 23.3 Å². The molecule has 7 heteroatoms. The fraction of sp³-hybridized carbons (Fsp3) is 0. The van der Waals surface area contributed by atoms with Gasteiger partial charge in [0.25, 0.3) is 0 Å². The van der Waals surface area contributed by atoms with Crippen molar-refractivity contribution in [3.05, 3.63) is 84.4 Å². The molecule has 4 rings (SSSR count). The summed E-state index contributed by atoms with van der Waals surface area (Å²) in [4.78, 5) is 28.4. The topological polar surface area (TPSA) is 106 Å². The minimum atomic E-state index is -1.24. The third kappa shape index (κ3) is 4.88. The maximum absolute atomic E-state index is 10.5. The third-order valence-electron chi connectivity index (χ3n) is 3.68. The van der Waals surface area contributed by atoms with E-state index >= 15 is 0 Å². The van der Waals surface area contributed by atoms with Crippen molar-refractivity contribution in [1.82, 2.24) is 9.97 Å². The molecule has 6 nitrogen and oxygen atoms in total. The zero-order chi connectivity index (χ0) is 18.5. The third-order valence-corrected chi connectivity index (χ3v) is 3.68. The van der Waals surface area contributed by atoms with Gasteiger partial charge in [-0.15, -0.1) is 0 Å². The number of benzene rings is 2. The van der Waals surface area contributed by atoms with E-state index in [-0.39, 0.29) is 28.5 Å². The van der Waals surface area contributed by atoms with Gasteiger partial charge in [0.1, 0.15) is 0 Å². The molecule has 0 aliphatic rings. The molecule has 0 aliphatic heterocycles. The number of carbonyl (C=O) groups excluding carboxylic acids is 2. The Hall–Kier alpha value is -3.28. The second kappa shape index (κ2) is 8.89. The van der Waals surface area contributed by atoms with Gasteiger partial charge in [0.15, 0.2) is 0 Å². The van der Waals surface area contributed by atoms with Crippen LogP contribution in [0.4, 0.5) is 0 Å². The van der Waals surface area contributed by atoms with E-state index in [1.54, 1.807) is 0 Å². The van der Waals surface area contributed by atoms with Gasteiger partial charge >= 0.3 is 17.1 Å². The molecule has 0 spiro atoms. The molecule has 0 unspecified atom stereocenters. The van der Waals surface area contributed by atoms with Gasteiger partial charge in [-0.3, -0.25) is 9.97 Å². The van der Waals surface area contributed by atoms with E-state index in [0.717, 1.165) is 21.5 Å². The van der Waals surface area contributed by atoms with E-state index in [2.05, 4.69) is 9.97 Å². The fourth-order valence-corrected chi connectivity index (χ4v) is 2.39. The Kier molecular flexibility index (Phi) is 6.60. The van der Waals surface area contributed by atoms with E-state index in [0.29, 0.717) is 0 Å². The molecule has 0 N–H and O–H groups in total. The van der Waals surface area contributed by atoms with Crippen molar-refractivity contribution in [2.24, 2.45) is 0 Å². The fourth-order valence-electron chi connectivity index (χ4n) is 2.39. The van der Waals surface area contributed by atoms with Gasteiger partial charge in [0, 0.05) is 23.2 Å². The summed E-state index contributed by atoms with van der Waals surface area (Å²) in [5, 5.41) is 24.5. The Balaban J connectivity index is 0.000000187. The van der Waals surface area contributed by atoms with Crippen LogP contribution in [-0.2, 0) is 17.1 Å². The van der Waals surface area contributed by atoms with Crippen LogP contribution >= 0.6 is 0 Å². The number of aromatic carboxylic acids is 2. The van der Waals surface area contributed by atoms with Crippen LogP contribution in [-0.4, -0.2) is 21.9 Å². The van der Waals surface area contributed by atoms with Gasteiger partial charge in [-0.25, -0.2) is 0 Å². The first kappa shape index (κ1) is 20.0. The first-order valence-electron chi connectivity index (χ1n) is 7.67. The number of pyridine rings is 2. The molecular formula is C20H12MnN2O4. The first-order chi connectivity index (χ1) is 12.5. The summed E-state index contributed by atoms with van der Waals surface area (Å²) in [6.45, 7) is 0. The van der Waals surface area contributed by atoms with Crippen LogP contribution in [0.3, 0.4) is 0 Å². The molecule has 2 heterocycles. The van der Waals surface area contributed by atoms with Gasteiger partial charge in [-0.2, -0.15) is 0 Å². The number of carboxylic acids is 2. The molecular weight excluding hydrogens is 387 g/mol. The van der Waals surface area contributed by atoms with Crippen LogP contribution in [0.1, 0.15) is 21.0 Å². The van der Waals surface area contributed by atoms with Crippen molar-refractivity contribution < 1.29 is 36.9 Å². The molecule has 1 radical (unpaired) electrons. The molecule has 0 atom stereocenters. The van der Waals surface area contributed by atoms with Crippen molar-refractivity contribution in [2.45, 2.75) is 0 Å². The van der Waals surface area contributed by atoms with Crippen LogP contribution < -0.4 is 10.2 Å². The molecule has 0 fully saturated rings. The van der Waals surface area contributed by atoms with Gasteiger partial charge in [0.2, 0.25) is 0 Å². The summed E-state index contributed by atoms with van der Waals surface area (Å²) in [5.74, 6) is -2.49. The first-order valence-corrected chi connectivity index (χ1v) is 7.67. The van der Waals surface area contributed by atoms with E-state index in [1.165, 1.54) is 24.5 Å². The predicted molar refractivity (Wildman–Crippen MR) is 92.1 cm³/mol. The number of carboxylic acid groups (broad SMARTS) is 2. The number of hydrogen-bond acceptors (Lipinski definition) is 6. The van der Waals surface area contributed by atoms with Gasteiger partial charge in [-0.1, -0.05) is 48.5 Å². The summed E-state index contributed by atoms with van der Waals surface area (Å²) >= 11 is 0.